The van der Waals surface area contributed by atoms with Gasteiger partial charge < -0.3 is 45.2 Å². The minimum absolute atomic E-state index is 0.372. The Morgan fingerprint density at radius 2 is 1.58 bits per heavy atom. The van der Waals surface area contributed by atoms with Crippen molar-refractivity contribution in [2.75, 3.05) is 19.8 Å². The molecule has 0 radical (unpaired) electrons. The standard InChI is InChI=1S/C10H20O9/c11-1-4(13)3-18-10-8(17)6(15)7(16)9(19-10)5(14)2-12/h4-17H,1-3H2/t4?,5?,6-,7-,8+,9+,10-/m0/s1. The molecular weight excluding hydrogens is 264 g/mol. The second-order valence-corrected chi connectivity index (χ2v) is 4.36. The molecule has 1 aliphatic rings. The third-order valence-electron chi connectivity index (χ3n) is 2.84. The van der Waals surface area contributed by atoms with Crippen LogP contribution >= 0.6 is 0 Å². The number of rotatable bonds is 6. The third-order valence-corrected chi connectivity index (χ3v) is 2.84. The fourth-order valence-electron chi connectivity index (χ4n) is 1.69. The summed E-state index contributed by atoms with van der Waals surface area (Å²) in [5.74, 6) is 0. The first-order valence-corrected chi connectivity index (χ1v) is 5.81. The zero-order valence-corrected chi connectivity index (χ0v) is 10.1. The van der Waals surface area contributed by atoms with Crippen molar-refractivity contribution in [3.8, 4) is 0 Å². The van der Waals surface area contributed by atoms with Crippen molar-refractivity contribution in [3.63, 3.8) is 0 Å². The van der Waals surface area contributed by atoms with Gasteiger partial charge in [-0.25, -0.2) is 0 Å². The second kappa shape index (κ2) is 7.43. The molecule has 0 saturated carbocycles. The van der Waals surface area contributed by atoms with Crippen LogP contribution < -0.4 is 0 Å². The van der Waals surface area contributed by atoms with Gasteiger partial charge in [0.2, 0.25) is 0 Å². The summed E-state index contributed by atoms with van der Waals surface area (Å²) >= 11 is 0. The molecule has 2 unspecified atom stereocenters. The van der Waals surface area contributed by atoms with E-state index in [0.717, 1.165) is 0 Å². The summed E-state index contributed by atoms with van der Waals surface area (Å²) in [4.78, 5) is 0. The molecule has 1 heterocycles. The van der Waals surface area contributed by atoms with Gasteiger partial charge in [0, 0.05) is 0 Å². The van der Waals surface area contributed by atoms with E-state index in [-0.39, 0.29) is 6.61 Å². The van der Waals surface area contributed by atoms with Crippen LogP contribution in [0.15, 0.2) is 0 Å². The first-order valence-electron chi connectivity index (χ1n) is 5.81. The summed E-state index contributed by atoms with van der Waals surface area (Å²) in [6.07, 6.45) is -10.3. The van der Waals surface area contributed by atoms with Gasteiger partial charge in [-0.3, -0.25) is 0 Å². The average Bonchev–Trinajstić information content (AvgIpc) is 2.42. The smallest absolute Gasteiger partial charge is 0.186 e. The lowest BCUT2D eigenvalue weighted by Gasteiger charge is -2.41. The highest BCUT2D eigenvalue weighted by Gasteiger charge is 2.46. The SMILES string of the molecule is OCC(O)CO[C@H]1O[C@H](C(O)CO)[C@@H](O)[C@H](O)[C@H]1O. The summed E-state index contributed by atoms with van der Waals surface area (Å²) in [5.41, 5.74) is 0. The van der Waals surface area contributed by atoms with Crippen molar-refractivity contribution in [1.29, 1.82) is 0 Å². The van der Waals surface area contributed by atoms with Gasteiger partial charge in [0.05, 0.1) is 19.8 Å². The monoisotopic (exact) mass is 284 g/mol. The van der Waals surface area contributed by atoms with E-state index in [1.807, 2.05) is 0 Å². The summed E-state index contributed by atoms with van der Waals surface area (Å²) in [5, 5.41) is 64.7. The maximum Gasteiger partial charge on any atom is 0.186 e. The Hall–Kier alpha value is -0.360. The van der Waals surface area contributed by atoms with E-state index in [1.54, 1.807) is 0 Å². The topological polar surface area (TPSA) is 160 Å². The van der Waals surface area contributed by atoms with Crippen LogP contribution in [0.4, 0.5) is 0 Å². The zero-order valence-electron chi connectivity index (χ0n) is 10.1. The van der Waals surface area contributed by atoms with Gasteiger partial charge in [-0.05, 0) is 0 Å². The Kier molecular flexibility index (Phi) is 6.53. The lowest BCUT2D eigenvalue weighted by atomic mass is 9.95. The van der Waals surface area contributed by atoms with Gasteiger partial charge in [0.15, 0.2) is 6.29 Å². The van der Waals surface area contributed by atoms with E-state index in [2.05, 4.69) is 0 Å². The normalized spacial score (nSPS) is 39.0. The minimum Gasteiger partial charge on any atom is -0.394 e. The Labute approximate surface area is 109 Å². The van der Waals surface area contributed by atoms with Crippen LogP contribution in [0.1, 0.15) is 0 Å². The van der Waals surface area contributed by atoms with E-state index in [9.17, 15) is 20.4 Å². The number of hydrogen-bond donors (Lipinski definition) is 7. The van der Waals surface area contributed by atoms with E-state index in [4.69, 9.17) is 24.8 Å². The van der Waals surface area contributed by atoms with Gasteiger partial charge in [-0.2, -0.15) is 0 Å². The summed E-state index contributed by atoms with van der Waals surface area (Å²) in [6.45, 7) is -1.64. The molecule has 7 atom stereocenters. The van der Waals surface area contributed by atoms with Gasteiger partial charge in [-0.1, -0.05) is 0 Å². The fourth-order valence-corrected chi connectivity index (χ4v) is 1.69. The van der Waals surface area contributed by atoms with Crippen molar-refractivity contribution >= 4 is 0 Å². The molecule has 1 rings (SSSR count). The van der Waals surface area contributed by atoms with Crippen molar-refractivity contribution < 1.29 is 45.2 Å². The molecule has 0 aromatic rings. The van der Waals surface area contributed by atoms with Crippen LogP contribution in [0.25, 0.3) is 0 Å². The molecule has 1 aliphatic heterocycles. The average molecular weight is 284 g/mol. The largest absolute Gasteiger partial charge is 0.394 e. The van der Waals surface area contributed by atoms with Crippen LogP contribution in [0, 0.1) is 0 Å². The number of ether oxygens (including phenoxy) is 2. The molecule has 0 aliphatic carbocycles. The highest BCUT2D eigenvalue weighted by Crippen LogP contribution is 2.24. The van der Waals surface area contributed by atoms with Crippen molar-refractivity contribution in [2.24, 2.45) is 0 Å². The molecule has 1 fully saturated rings. The lowest BCUT2D eigenvalue weighted by Crippen LogP contribution is -2.61. The maximum atomic E-state index is 9.62. The summed E-state index contributed by atoms with van der Waals surface area (Å²) < 4.78 is 9.99. The predicted molar refractivity (Wildman–Crippen MR) is 58.8 cm³/mol. The van der Waals surface area contributed by atoms with Crippen molar-refractivity contribution in [2.45, 2.75) is 42.9 Å². The highest BCUT2D eigenvalue weighted by atomic mass is 16.7. The molecule has 0 spiro atoms. The van der Waals surface area contributed by atoms with Gasteiger partial charge in [-0.15, -0.1) is 0 Å². The van der Waals surface area contributed by atoms with Gasteiger partial charge >= 0.3 is 0 Å². The number of aliphatic hydroxyl groups excluding tert-OH is 7. The van der Waals surface area contributed by atoms with Crippen LogP contribution in [0.2, 0.25) is 0 Å². The quantitative estimate of drug-likeness (QED) is 0.255. The highest BCUT2D eigenvalue weighted by molar-refractivity contribution is 4.92. The van der Waals surface area contributed by atoms with Crippen LogP contribution in [-0.4, -0.2) is 98.5 Å². The molecule has 19 heavy (non-hydrogen) atoms. The lowest BCUT2D eigenvalue weighted by molar-refractivity contribution is -0.315. The molecule has 1 saturated heterocycles. The van der Waals surface area contributed by atoms with Gasteiger partial charge in [0.1, 0.15) is 36.6 Å². The van der Waals surface area contributed by atoms with E-state index < -0.39 is 56.1 Å². The zero-order chi connectivity index (χ0) is 14.6. The molecular formula is C10H20O9. The van der Waals surface area contributed by atoms with E-state index in [0.29, 0.717) is 0 Å². The Morgan fingerprint density at radius 3 is 2.11 bits per heavy atom. The number of aliphatic hydroxyl groups is 7. The molecule has 0 aromatic heterocycles. The van der Waals surface area contributed by atoms with Crippen molar-refractivity contribution in [1.82, 2.24) is 0 Å². The first-order chi connectivity index (χ1) is 8.92. The molecule has 0 amide bonds. The Bertz CT molecular complexity index is 263. The Balaban J connectivity index is 2.65. The predicted octanol–water partition coefficient (Wildman–Crippen LogP) is -4.48. The van der Waals surface area contributed by atoms with Gasteiger partial charge in [0.25, 0.3) is 0 Å². The molecule has 9 nitrogen and oxygen atoms in total. The summed E-state index contributed by atoms with van der Waals surface area (Å²) in [6, 6.07) is 0. The van der Waals surface area contributed by atoms with Crippen molar-refractivity contribution in [3.05, 3.63) is 0 Å². The third kappa shape index (κ3) is 4.05. The molecule has 0 bridgehead atoms. The molecule has 114 valence electrons. The minimum atomic E-state index is -1.64. The van der Waals surface area contributed by atoms with E-state index >= 15 is 0 Å². The molecule has 0 aromatic carbocycles. The maximum absolute atomic E-state index is 9.62. The van der Waals surface area contributed by atoms with Crippen LogP contribution in [-0.2, 0) is 9.47 Å². The van der Waals surface area contributed by atoms with Crippen LogP contribution in [0.5, 0.6) is 0 Å². The van der Waals surface area contributed by atoms with E-state index in [1.165, 1.54) is 0 Å². The summed E-state index contributed by atoms with van der Waals surface area (Å²) in [7, 11) is 0. The Morgan fingerprint density at radius 1 is 0.947 bits per heavy atom. The fraction of sp³-hybridized carbons (Fsp3) is 1.00. The van der Waals surface area contributed by atoms with Crippen LogP contribution in [0.3, 0.4) is 0 Å². The molecule has 9 heteroatoms. The first kappa shape index (κ1) is 16.7. The second-order valence-electron chi connectivity index (χ2n) is 4.36. The molecule has 7 N–H and O–H groups in total. The number of hydrogen-bond acceptors (Lipinski definition) is 9.